The monoisotopic (exact) mass is 323 g/mol. The van der Waals surface area contributed by atoms with Crippen LogP contribution in [-0.2, 0) is 11.3 Å². The lowest BCUT2D eigenvalue weighted by Crippen LogP contribution is -2.46. The topological polar surface area (TPSA) is 58.4 Å². The number of carbonyl (C=O) groups is 1. The van der Waals surface area contributed by atoms with Crippen LogP contribution in [0.1, 0.15) is 36.8 Å². The molecule has 1 atom stereocenters. The number of nitrogens with zero attached hydrogens (tertiary/aromatic N) is 1. The van der Waals surface area contributed by atoms with Crippen LogP contribution in [0.5, 0.6) is 0 Å². The fourth-order valence-corrected chi connectivity index (χ4v) is 3.11. The molecule has 1 saturated heterocycles. The average molecular weight is 324 g/mol. The number of amides is 1. The van der Waals surface area contributed by atoms with Gasteiger partial charge in [0.1, 0.15) is 0 Å². The van der Waals surface area contributed by atoms with Crippen molar-refractivity contribution < 1.29 is 4.79 Å². The molecule has 0 bridgehead atoms. The van der Waals surface area contributed by atoms with Crippen LogP contribution in [0.2, 0.25) is 5.02 Å². The number of carbonyl (C=O) groups excluding carboxylic acids is 1. The molecule has 0 radical (unpaired) electrons. The lowest BCUT2D eigenvalue weighted by molar-refractivity contribution is -0.121. The Hall–Kier alpha value is -1.10. The lowest BCUT2D eigenvalue weighted by Gasteiger charge is -2.36. The second-order valence-electron chi connectivity index (χ2n) is 6.05. The Kier molecular flexibility index (Phi) is 6.68. The van der Waals surface area contributed by atoms with Crippen LogP contribution in [0.3, 0.4) is 0 Å². The number of hydrogen-bond donors (Lipinski definition) is 2. The molecule has 0 saturated carbocycles. The molecule has 22 heavy (non-hydrogen) atoms. The molecule has 2 rings (SSSR count). The number of aryl methyl sites for hydroxylation is 1. The first kappa shape index (κ1) is 17.3. The van der Waals surface area contributed by atoms with Crippen molar-refractivity contribution in [3.8, 4) is 0 Å². The average Bonchev–Trinajstić information content (AvgIpc) is 2.50. The smallest absolute Gasteiger partial charge is 0.221 e. The second-order valence-corrected chi connectivity index (χ2v) is 6.45. The summed E-state index contributed by atoms with van der Waals surface area (Å²) >= 11 is 6.10. The molecule has 4 nitrogen and oxygen atoms in total. The third-order valence-electron chi connectivity index (χ3n) is 4.26. The Labute approximate surface area is 138 Å². The van der Waals surface area contributed by atoms with Crippen molar-refractivity contribution in [1.82, 2.24) is 10.2 Å². The predicted octanol–water partition coefficient (Wildman–Crippen LogP) is 2.47. The third kappa shape index (κ3) is 4.97. The van der Waals surface area contributed by atoms with Crippen molar-refractivity contribution in [3.05, 3.63) is 34.3 Å². The van der Waals surface area contributed by atoms with Crippen LogP contribution in [0.15, 0.2) is 18.2 Å². The Balaban J connectivity index is 1.94. The van der Waals surface area contributed by atoms with Crippen molar-refractivity contribution in [2.75, 3.05) is 19.6 Å². The number of halogens is 1. The number of benzene rings is 1. The number of hydrogen-bond acceptors (Lipinski definition) is 3. The molecule has 1 aromatic rings. The fourth-order valence-electron chi connectivity index (χ4n) is 2.99. The summed E-state index contributed by atoms with van der Waals surface area (Å²) in [7, 11) is 0. The molecule has 1 heterocycles. The first-order valence-corrected chi connectivity index (χ1v) is 8.44. The van der Waals surface area contributed by atoms with E-state index in [1.54, 1.807) is 0 Å². The summed E-state index contributed by atoms with van der Waals surface area (Å²) < 4.78 is 0. The molecule has 0 aromatic heterocycles. The lowest BCUT2D eigenvalue weighted by atomic mass is 10.0. The van der Waals surface area contributed by atoms with Crippen molar-refractivity contribution in [3.63, 3.8) is 0 Å². The van der Waals surface area contributed by atoms with Gasteiger partial charge in [-0.3, -0.25) is 9.69 Å². The molecule has 1 aliphatic heterocycles. The molecule has 0 spiro atoms. The Morgan fingerprint density at radius 1 is 1.45 bits per heavy atom. The van der Waals surface area contributed by atoms with Gasteiger partial charge in [-0.15, -0.1) is 0 Å². The van der Waals surface area contributed by atoms with Crippen molar-refractivity contribution in [1.29, 1.82) is 0 Å². The second kappa shape index (κ2) is 8.51. The predicted molar refractivity (Wildman–Crippen MR) is 90.9 cm³/mol. The molecule has 0 aliphatic carbocycles. The number of rotatable bonds is 6. The zero-order valence-corrected chi connectivity index (χ0v) is 14.0. The van der Waals surface area contributed by atoms with E-state index >= 15 is 0 Å². The summed E-state index contributed by atoms with van der Waals surface area (Å²) in [5.74, 6) is 0.0513. The van der Waals surface area contributed by atoms with Gasteiger partial charge in [-0.05, 0) is 43.5 Å². The fraction of sp³-hybridized carbons (Fsp3) is 0.588. The maximum absolute atomic E-state index is 11.6. The Bertz CT molecular complexity index is 507. The molecule has 3 N–H and O–H groups in total. The first-order chi connectivity index (χ1) is 10.6. The van der Waals surface area contributed by atoms with Gasteiger partial charge >= 0.3 is 0 Å². The molecule has 1 unspecified atom stereocenters. The van der Waals surface area contributed by atoms with E-state index < -0.39 is 0 Å². The molecule has 1 aromatic carbocycles. The van der Waals surface area contributed by atoms with Crippen LogP contribution in [0.4, 0.5) is 0 Å². The standard InChI is InChI=1S/C17H26ClN3O/c1-13-10-14(5-6-16(13)18)12-21-9-3-2-4-15(21)11-20-17(22)7-8-19/h5-6,10,15H,2-4,7-9,11-12,19H2,1H3,(H,20,22). The molecule has 1 fully saturated rings. The van der Waals surface area contributed by atoms with Gasteiger partial charge in [-0.1, -0.05) is 30.2 Å². The minimum Gasteiger partial charge on any atom is -0.354 e. The van der Waals surface area contributed by atoms with Crippen LogP contribution >= 0.6 is 11.6 Å². The summed E-state index contributed by atoms with van der Waals surface area (Å²) in [6.07, 6.45) is 3.99. The largest absolute Gasteiger partial charge is 0.354 e. The highest BCUT2D eigenvalue weighted by Crippen LogP contribution is 2.22. The van der Waals surface area contributed by atoms with E-state index in [-0.39, 0.29) is 5.91 Å². The van der Waals surface area contributed by atoms with Gasteiger partial charge in [0.2, 0.25) is 5.91 Å². The highest BCUT2D eigenvalue weighted by atomic mass is 35.5. The minimum atomic E-state index is 0.0513. The molecule has 5 heteroatoms. The number of nitrogens with two attached hydrogens (primary N) is 1. The van der Waals surface area contributed by atoms with Crippen molar-refractivity contribution in [2.24, 2.45) is 5.73 Å². The number of piperidine rings is 1. The van der Waals surface area contributed by atoms with Crippen molar-refractivity contribution >= 4 is 17.5 Å². The molecular weight excluding hydrogens is 298 g/mol. The van der Waals surface area contributed by atoms with E-state index in [4.69, 9.17) is 17.3 Å². The van der Waals surface area contributed by atoms with Gasteiger partial charge in [0.15, 0.2) is 0 Å². The van der Waals surface area contributed by atoms with Gasteiger partial charge in [0.05, 0.1) is 0 Å². The minimum absolute atomic E-state index is 0.0513. The van der Waals surface area contributed by atoms with Gasteiger partial charge < -0.3 is 11.1 Å². The van der Waals surface area contributed by atoms with Gasteiger partial charge in [0, 0.05) is 37.1 Å². The maximum Gasteiger partial charge on any atom is 0.221 e. The third-order valence-corrected chi connectivity index (χ3v) is 4.69. The number of nitrogens with one attached hydrogen (secondary N) is 1. The molecular formula is C17H26ClN3O. The maximum atomic E-state index is 11.6. The van der Waals surface area contributed by atoms with Crippen LogP contribution < -0.4 is 11.1 Å². The first-order valence-electron chi connectivity index (χ1n) is 8.06. The van der Waals surface area contributed by atoms with Crippen LogP contribution in [-0.4, -0.2) is 36.5 Å². The summed E-state index contributed by atoms with van der Waals surface area (Å²) in [6, 6.07) is 6.62. The Morgan fingerprint density at radius 2 is 2.27 bits per heavy atom. The van der Waals surface area contributed by atoms with E-state index in [0.717, 1.165) is 30.1 Å². The zero-order valence-electron chi connectivity index (χ0n) is 13.3. The summed E-state index contributed by atoms with van der Waals surface area (Å²) in [5.41, 5.74) is 7.81. The summed E-state index contributed by atoms with van der Waals surface area (Å²) in [6.45, 7) is 5.15. The highest BCUT2D eigenvalue weighted by molar-refractivity contribution is 6.31. The molecule has 1 amide bonds. The van der Waals surface area contributed by atoms with Gasteiger partial charge in [-0.25, -0.2) is 0 Å². The van der Waals surface area contributed by atoms with E-state index in [2.05, 4.69) is 22.3 Å². The highest BCUT2D eigenvalue weighted by Gasteiger charge is 2.22. The Morgan fingerprint density at radius 3 is 3.00 bits per heavy atom. The number of likely N-dealkylation sites (tertiary alicyclic amines) is 1. The van der Waals surface area contributed by atoms with Gasteiger partial charge in [0.25, 0.3) is 0 Å². The SMILES string of the molecule is Cc1cc(CN2CCCCC2CNC(=O)CCN)ccc1Cl. The van der Waals surface area contributed by atoms with E-state index in [0.29, 0.717) is 25.6 Å². The molecule has 1 aliphatic rings. The van der Waals surface area contributed by atoms with E-state index in [9.17, 15) is 4.79 Å². The normalized spacial score (nSPS) is 19.1. The molecule has 122 valence electrons. The van der Waals surface area contributed by atoms with E-state index in [1.807, 2.05) is 13.0 Å². The van der Waals surface area contributed by atoms with Crippen molar-refractivity contribution in [2.45, 2.75) is 45.2 Å². The van der Waals surface area contributed by atoms with E-state index in [1.165, 1.54) is 18.4 Å². The summed E-state index contributed by atoms with van der Waals surface area (Å²) in [4.78, 5) is 14.1. The zero-order chi connectivity index (χ0) is 15.9. The van der Waals surface area contributed by atoms with Gasteiger partial charge in [-0.2, -0.15) is 0 Å². The quantitative estimate of drug-likeness (QED) is 0.845. The van der Waals surface area contributed by atoms with Crippen LogP contribution in [0, 0.1) is 6.92 Å². The van der Waals surface area contributed by atoms with Crippen LogP contribution in [0.25, 0.3) is 0 Å². The summed E-state index contributed by atoms with van der Waals surface area (Å²) in [5, 5.41) is 3.82.